The molecule has 0 radical (unpaired) electrons. The fourth-order valence-corrected chi connectivity index (χ4v) is 1.92. The monoisotopic (exact) mass is 239 g/mol. The summed E-state index contributed by atoms with van der Waals surface area (Å²) in [5.41, 5.74) is 7.34. The van der Waals surface area contributed by atoms with Gasteiger partial charge in [-0.25, -0.2) is 9.97 Å². The Bertz CT molecular complexity index is 674. The Hall–Kier alpha value is -2.27. The van der Waals surface area contributed by atoms with Crippen LogP contribution in [0, 0.1) is 0 Å². The van der Waals surface area contributed by atoms with Crippen LogP contribution in [0.15, 0.2) is 42.9 Å². The molecule has 0 saturated heterocycles. The number of aromatic nitrogens is 4. The molecule has 5 nitrogen and oxygen atoms in total. The number of hydrogen-bond donors (Lipinski definition) is 1. The number of benzene rings is 1. The van der Waals surface area contributed by atoms with E-state index in [1.54, 1.807) is 12.4 Å². The molecule has 18 heavy (non-hydrogen) atoms. The van der Waals surface area contributed by atoms with E-state index in [1.807, 2.05) is 35.0 Å². The van der Waals surface area contributed by atoms with Crippen LogP contribution in [0.3, 0.4) is 0 Å². The minimum absolute atomic E-state index is 0.567. The zero-order valence-electron chi connectivity index (χ0n) is 9.82. The average molecular weight is 239 g/mol. The Balaban J connectivity index is 2.10. The van der Waals surface area contributed by atoms with Gasteiger partial charge in [0.05, 0.1) is 17.2 Å². The molecule has 0 spiro atoms. The summed E-state index contributed by atoms with van der Waals surface area (Å²) in [5.74, 6) is 1.68. The van der Waals surface area contributed by atoms with Gasteiger partial charge in [0.25, 0.3) is 0 Å². The lowest BCUT2D eigenvalue weighted by Gasteiger charge is -2.06. The summed E-state index contributed by atoms with van der Waals surface area (Å²) >= 11 is 0. The third-order valence-electron chi connectivity index (χ3n) is 2.77. The molecule has 0 bridgehead atoms. The second-order valence-corrected chi connectivity index (χ2v) is 3.97. The fraction of sp³-hybridized carbons (Fsp3) is 0.154. The lowest BCUT2D eigenvalue weighted by molar-refractivity contribution is 0.823. The van der Waals surface area contributed by atoms with Crippen molar-refractivity contribution in [2.75, 3.05) is 6.54 Å². The van der Waals surface area contributed by atoms with Crippen molar-refractivity contribution in [2.24, 2.45) is 5.73 Å². The van der Waals surface area contributed by atoms with Crippen LogP contribution in [0.5, 0.6) is 0 Å². The van der Waals surface area contributed by atoms with Gasteiger partial charge in [-0.3, -0.25) is 9.55 Å². The van der Waals surface area contributed by atoms with E-state index in [2.05, 4.69) is 15.0 Å². The standard InChI is InChI=1S/C13H13N5/c14-6-5-12-15-7-8-18(12)13-9-16-10-3-1-2-4-11(10)17-13/h1-4,7-9H,5-6,14H2. The topological polar surface area (TPSA) is 69.6 Å². The number of imidazole rings is 1. The van der Waals surface area contributed by atoms with Gasteiger partial charge < -0.3 is 5.73 Å². The highest BCUT2D eigenvalue weighted by Gasteiger charge is 2.06. The molecule has 90 valence electrons. The van der Waals surface area contributed by atoms with Gasteiger partial charge in [0.1, 0.15) is 5.82 Å². The van der Waals surface area contributed by atoms with E-state index in [0.717, 1.165) is 29.1 Å². The van der Waals surface area contributed by atoms with Crippen LogP contribution in [0.1, 0.15) is 5.82 Å². The van der Waals surface area contributed by atoms with Crippen molar-refractivity contribution in [1.82, 2.24) is 19.5 Å². The van der Waals surface area contributed by atoms with E-state index < -0.39 is 0 Å². The summed E-state index contributed by atoms with van der Waals surface area (Å²) in [6.07, 6.45) is 6.11. The first-order valence-electron chi connectivity index (χ1n) is 5.83. The number of fused-ring (bicyclic) bond motifs is 1. The number of para-hydroxylation sites is 2. The van der Waals surface area contributed by atoms with E-state index in [-0.39, 0.29) is 0 Å². The number of nitrogens with zero attached hydrogens (tertiary/aromatic N) is 4. The molecule has 2 aromatic heterocycles. The Morgan fingerprint density at radius 1 is 1.11 bits per heavy atom. The molecular formula is C13H13N5. The SMILES string of the molecule is NCCc1nccn1-c1cnc2ccccc2n1. The summed E-state index contributed by atoms with van der Waals surface area (Å²) < 4.78 is 1.92. The third kappa shape index (κ3) is 1.84. The van der Waals surface area contributed by atoms with Crippen molar-refractivity contribution in [3.05, 3.63) is 48.7 Å². The van der Waals surface area contributed by atoms with E-state index in [1.165, 1.54) is 0 Å². The van der Waals surface area contributed by atoms with Crippen molar-refractivity contribution in [3.8, 4) is 5.82 Å². The van der Waals surface area contributed by atoms with Crippen LogP contribution in [0.4, 0.5) is 0 Å². The Morgan fingerprint density at radius 3 is 2.78 bits per heavy atom. The minimum atomic E-state index is 0.567. The third-order valence-corrected chi connectivity index (χ3v) is 2.77. The molecule has 2 N–H and O–H groups in total. The molecule has 0 aliphatic heterocycles. The first kappa shape index (κ1) is 10.9. The molecule has 5 heteroatoms. The highest BCUT2D eigenvalue weighted by atomic mass is 15.1. The second-order valence-electron chi connectivity index (χ2n) is 3.97. The van der Waals surface area contributed by atoms with Crippen molar-refractivity contribution < 1.29 is 0 Å². The van der Waals surface area contributed by atoms with Gasteiger partial charge in [0.15, 0.2) is 5.82 Å². The Kier molecular flexibility index (Phi) is 2.74. The molecular weight excluding hydrogens is 226 g/mol. The van der Waals surface area contributed by atoms with Crippen molar-refractivity contribution in [2.45, 2.75) is 6.42 Å². The largest absolute Gasteiger partial charge is 0.330 e. The van der Waals surface area contributed by atoms with Crippen LogP contribution >= 0.6 is 0 Å². The molecule has 0 fully saturated rings. The molecule has 1 aromatic carbocycles. The lowest BCUT2D eigenvalue weighted by Crippen LogP contribution is -2.09. The summed E-state index contributed by atoms with van der Waals surface area (Å²) in [5, 5.41) is 0. The molecule has 0 atom stereocenters. The van der Waals surface area contributed by atoms with Crippen LogP contribution in [-0.4, -0.2) is 26.1 Å². The molecule has 3 aromatic rings. The maximum absolute atomic E-state index is 5.57. The van der Waals surface area contributed by atoms with Crippen LogP contribution < -0.4 is 5.73 Å². The predicted octanol–water partition coefficient (Wildman–Crippen LogP) is 1.32. The lowest BCUT2D eigenvalue weighted by atomic mass is 10.3. The highest BCUT2D eigenvalue weighted by molar-refractivity contribution is 5.74. The highest BCUT2D eigenvalue weighted by Crippen LogP contribution is 2.13. The molecule has 3 rings (SSSR count). The van der Waals surface area contributed by atoms with Crippen LogP contribution in [-0.2, 0) is 6.42 Å². The smallest absolute Gasteiger partial charge is 0.157 e. The van der Waals surface area contributed by atoms with Crippen molar-refractivity contribution in [1.29, 1.82) is 0 Å². The van der Waals surface area contributed by atoms with Gasteiger partial charge in [-0.1, -0.05) is 12.1 Å². The Morgan fingerprint density at radius 2 is 1.94 bits per heavy atom. The van der Waals surface area contributed by atoms with E-state index in [0.29, 0.717) is 6.54 Å². The molecule has 0 aliphatic carbocycles. The zero-order valence-corrected chi connectivity index (χ0v) is 9.82. The van der Waals surface area contributed by atoms with Crippen LogP contribution in [0.2, 0.25) is 0 Å². The quantitative estimate of drug-likeness (QED) is 0.748. The van der Waals surface area contributed by atoms with E-state index in [9.17, 15) is 0 Å². The summed E-state index contributed by atoms with van der Waals surface area (Å²) in [4.78, 5) is 13.3. The maximum Gasteiger partial charge on any atom is 0.157 e. The van der Waals surface area contributed by atoms with Gasteiger partial charge in [0.2, 0.25) is 0 Å². The molecule has 2 heterocycles. The van der Waals surface area contributed by atoms with Crippen molar-refractivity contribution in [3.63, 3.8) is 0 Å². The molecule has 0 unspecified atom stereocenters. The van der Waals surface area contributed by atoms with E-state index in [4.69, 9.17) is 5.73 Å². The van der Waals surface area contributed by atoms with Crippen molar-refractivity contribution >= 4 is 11.0 Å². The van der Waals surface area contributed by atoms with Gasteiger partial charge in [-0.15, -0.1) is 0 Å². The first-order valence-corrected chi connectivity index (χ1v) is 5.83. The Labute approximate surface area is 104 Å². The molecule has 0 saturated carbocycles. The number of rotatable bonds is 3. The summed E-state index contributed by atoms with van der Waals surface area (Å²) in [6, 6.07) is 7.80. The van der Waals surface area contributed by atoms with Gasteiger partial charge >= 0.3 is 0 Å². The number of nitrogens with two attached hydrogens (primary N) is 1. The average Bonchev–Trinajstić information content (AvgIpc) is 2.87. The maximum atomic E-state index is 5.57. The normalized spacial score (nSPS) is 10.9. The fourth-order valence-electron chi connectivity index (χ4n) is 1.92. The summed E-state index contributed by atoms with van der Waals surface area (Å²) in [7, 11) is 0. The molecule has 0 aliphatic rings. The number of hydrogen-bond acceptors (Lipinski definition) is 4. The van der Waals surface area contributed by atoms with Crippen LogP contribution in [0.25, 0.3) is 16.9 Å². The van der Waals surface area contributed by atoms with Gasteiger partial charge in [-0.05, 0) is 18.7 Å². The van der Waals surface area contributed by atoms with E-state index >= 15 is 0 Å². The zero-order chi connectivity index (χ0) is 12.4. The first-order chi connectivity index (χ1) is 8.88. The van der Waals surface area contributed by atoms with Gasteiger partial charge in [-0.2, -0.15) is 0 Å². The second kappa shape index (κ2) is 4.54. The molecule has 0 amide bonds. The predicted molar refractivity (Wildman–Crippen MR) is 69.4 cm³/mol. The minimum Gasteiger partial charge on any atom is -0.330 e. The summed E-state index contributed by atoms with van der Waals surface area (Å²) in [6.45, 7) is 0.567. The van der Waals surface area contributed by atoms with Gasteiger partial charge in [0, 0.05) is 18.8 Å².